The van der Waals surface area contributed by atoms with Crippen LogP contribution in [-0.2, 0) is 11.3 Å². The molecule has 140 valence electrons. The molecule has 0 bridgehead atoms. The highest BCUT2D eigenvalue weighted by Crippen LogP contribution is 2.17. The zero-order chi connectivity index (χ0) is 18.9. The molecule has 0 atom stereocenters. The molecule has 0 saturated carbocycles. The van der Waals surface area contributed by atoms with Crippen LogP contribution in [-0.4, -0.2) is 29.9 Å². The van der Waals surface area contributed by atoms with Gasteiger partial charge >= 0.3 is 0 Å². The molecule has 0 radical (unpaired) electrons. The number of aliphatic imine (C=N–C) groups is 1. The van der Waals surface area contributed by atoms with E-state index in [1.807, 2.05) is 38.1 Å². The first-order chi connectivity index (χ1) is 12.5. The van der Waals surface area contributed by atoms with E-state index in [2.05, 4.69) is 48.8 Å². The summed E-state index contributed by atoms with van der Waals surface area (Å²) in [6.07, 6.45) is 0.357. The van der Waals surface area contributed by atoms with Crippen molar-refractivity contribution in [3.63, 3.8) is 0 Å². The summed E-state index contributed by atoms with van der Waals surface area (Å²) < 4.78 is 0.981. The molecule has 3 N–H and O–H groups in total. The van der Waals surface area contributed by atoms with Crippen LogP contribution in [0.4, 0.5) is 5.69 Å². The Morgan fingerprint density at radius 3 is 2.58 bits per heavy atom. The van der Waals surface area contributed by atoms with Crippen LogP contribution >= 0.6 is 27.3 Å². The first-order valence-electron chi connectivity index (χ1n) is 8.48. The van der Waals surface area contributed by atoms with Gasteiger partial charge in [-0.25, -0.2) is 9.98 Å². The highest BCUT2D eigenvalue weighted by Gasteiger charge is 2.05. The second-order valence-corrected chi connectivity index (χ2v) is 7.88. The molecule has 1 amide bonds. The zero-order valence-electron chi connectivity index (χ0n) is 15.2. The van der Waals surface area contributed by atoms with Gasteiger partial charge in [0.15, 0.2) is 5.96 Å². The molecule has 26 heavy (non-hydrogen) atoms. The van der Waals surface area contributed by atoms with Crippen molar-refractivity contribution in [3.8, 4) is 0 Å². The minimum atomic E-state index is -0.0400. The molecular weight excluding hydrogens is 414 g/mol. The van der Waals surface area contributed by atoms with E-state index < -0.39 is 0 Å². The lowest BCUT2D eigenvalue weighted by atomic mass is 10.3. The van der Waals surface area contributed by atoms with E-state index in [-0.39, 0.29) is 5.91 Å². The zero-order valence-corrected chi connectivity index (χ0v) is 17.6. The summed E-state index contributed by atoms with van der Waals surface area (Å²) in [7, 11) is 0. The van der Waals surface area contributed by atoms with Crippen LogP contribution in [0.5, 0.6) is 0 Å². The maximum absolute atomic E-state index is 12.0. The number of aryl methyl sites for hydroxylation is 2. The number of amides is 1. The van der Waals surface area contributed by atoms with Crippen LogP contribution in [0.25, 0.3) is 0 Å². The fraction of sp³-hybridized carbons (Fsp3) is 0.389. The van der Waals surface area contributed by atoms with Crippen molar-refractivity contribution in [2.24, 2.45) is 4.99 Å². The summed E-state index contributed by atoms with van der Waals surface area (Å²) >= 11 is 5.04. The molecule has 0 spiro atoms. The van der Waals surface area contributed by atoms with Gasteiger partial charge in [-0.3, -0.25) is 4.79 Å². The third kappa shape index (κ3) is 6.76. The summed E-state index contributed by atoms with van der Waals surface area (Å²) in [5.74, 6) is 0.649. The molecule has 0 fully saturated rings. The third-order valence-corrected chi connectivity index (χ3v) is 5.15. The highest BCUT2D eigenvalue weighted by molar-refractivity contribution is 9.10. The number of carbonyl (C=O) groups excluding carboxylic acids is 1. The number of anilines is 1. The Morgan fingerprint density at radius 2 is 1.96 bits per heavy atom. The molecule has 1 heterocycles. The van der Waals surface area contributed by atoms with Crippen molar-refractivity contribution in [3.05, 3.63) is 44.3 Å². The largest absolute Gasteiger partial charge is 0.357 e. The van der Waals surface area contributed by atoms with Crippen molar-refractivity contribution in [2.75, 3.05) is 18.4 Å². The number of hydrogen-bond acceptors (Lipinski definition) is 4. The number of rotatable bonds is 7. The van der Waals surface area contributed by atoms with Gasteiger partial charge in [-0.15, -0.1) is 11.3 Å². The summed E-state index contributed by atoms with van der Waals surface area (Å²) in [5.41, 5.74) is 1.84. The first-order valence-corrected chi connectivity index (χ1v) is 10.1. The van der Waals surface area contributed by atoms with Gasteiger partial charge in [0.2, 0.25) is 5.91 Å². The van der Waals surface area contributed by atoms with Gasteiger partial charge in [0.05, 0.1) is 12.2 Å². The highest BCUT2D eigenvalue weighted by atomic mass is 79.9. The van der Waals surface area contributed by atoms with Crippen LogP contribution in [0.3, 0.4) is 0 Å². The predicted octanol–water partition coefficient (Wildman–Crippen LogP) is 3.61. The van der Waals surface area contributed by atoms with E-state index in [9.17, 15) is 4.79 Å². The van der Waals surface area contributed by atoms with E-state index in [1.54, 1.807) is 11.3 Å². The lowest BCUT2D eigenvalue weighted by Crippen LogP contribution is -2.38. The molecule has 0 unspecified atom stereocenters. The number of hydrogen-bond donors (Lipinski definition) is 3. The molecule has 6 nitrogen and oxygen atoms in total. The van der Waals surface area contributed by atoms with E-state index in [1.165, 1.54) is 4.88 Å². The van der Waals surface area contributed by atoms with E-state index in [0.717, 1.165) is 27.4 Å². The quantitative estimate of drug-likeness (QED) is 0.456. The summed E-state index contributed by atoms with van der Waals surface area (Å²) in [4.78, 5) is 22.3. The van der Waals surface area contributed by atoms with Gasteiger partial charge in [-0.1, -0.05) is 15.9 Å². The molecule has 0 aliphatic rings. The van der Waals surface area contributed by atoms with Crippen LogP contribution in [0.1, 0.15) is 28.9 Å². The second-order valence-electron chi connectivity index (χ2n) is 5.68. The lowest BCUT2D eigenvalue weighted by Gasteiger charge is -2.11. The Balaban J connectivity index is 1.80. The third-order valence-electron chi connectivity index (χ3n) is 3.56. The number of halogens is 1. The first kappa shape index (κ1) is 20.4. The van der Waals surface area contributed by atoms with Gasteiger partial charge in [0.25, 0.3) is 0 Å². The number of benzene rings is 1. The van der Waals surface area contributed by atoms with Crippen molar-refractivity contribution in [2.45, 2.75) is 33.7 Å². The fourth-order valence-corrected chi connectivity index (χ4v) is 3.27. The average molecular weight is 438 g/mol. The van der Waals surface area contributed by atoms with E-state index in [4.69, 9.17) is 0 Å². The SMILES string of the molecule is CCNC(=NCc1nc(C)c(C)s1)NCCC(=O)Nc1ccc(Br)cc1. The lowest BCUT2D eigenvalue weighted by molar-refractivity contribution is -0.116. The number of nitrogens with one attached hydrogen (secondary N) is 3. The van der Waals surface area contributed by atoms with Gasteiger partial charge in [0, 0.05) is 34.5 Å². The monoisotopic (exact) mass is 437 g/mol. The van der Waals surface area contributed by atoms with Gasteiger partial charge < -0.3 is 16.0 Å². The van der Waals surface area contributed by atoms with Crippen LogP contribution in [0.15, 0.2) is 33.7 Å². The molecule has 0 saturated heterocycles. The molecular formula is C18H24BrN5OS. The molecule has 2 rings (SSSR count). The number of thiazole rings is 1. The Bertz CT molecular complexity index is 738. The Morgan fingerprint density at radius 1 is 1.23 bits per heavy atom. The smallest absolute Gasteiger partial charge is 0.226 e. The van der Waals surface area contributed by atoms with Crippen LogP contribution in [0.2, 0.25) is 0 Å². The van der Waals surface area contributed by atoms with Gasteiger partial charge in [-0.2, -0.15) is 0 Å². The minimum Gasteiger partial charge on any atom is -0.357 e. The maximum Gasteiger partial charge on any atom is 0.226 e. The van der Waals surface area contributed by atoms with E-state index in [0.29, 0.717) is 25.5 Å². The Labute approximate surface area is 166 Å². The predicted molar refractivity (Wildman–Crippen MR) is 112 cm³/mol. The van der Waals surface area contributed by atoms with Crippen molar-refractivity contribution in [1.82, 2.24) is 15.6 Å². The van der Waals surface area contributed by atoms with Gasteiger partial charge in [0.1, 0.15) is 5.01 Å². The molecule has 2 aromatic rings. The van der Waals surface area contributed by atoms with Crippen molar-refractivity contribution in [1.29, 1.82) is 0 Å². The average Bonchev–Trinajstić information content (AvgIpc) is 2.93. The number of aromatic nitrogens is 1. The molecule has 0 aliphatic carbocycles. The Kier molecular flexibility index (Phi) is 8.06. The number of guanidine groups is 1. The van der Waals surface area contributed by atoms with Crippen molar-refractivity contribution < 1.29 is 4.79 Å². The number of carbonyl (C=O) groups is 1. The standard InChI is InChI=1S/C18H24BrN5OS/c1-4-20-18(22-11-17-23-12(2)13(3)26-17)21-10-9-16(25)24-15-7-5-14(19)6-8-15/h5-8H,4,9-11H2,1-3H3,(H,24,25)(H2,20,21,22). The Hall–Kier alpha value is -1.93. The molecule has 0 aliphatic heterocycles. The summed E-state index contributed by atoms with van der Waals surface area (Å²) in [6, 6.07) is 7.51. The maximum atomic E-state index is 12.0. The van der Waals surface area contributed by atoms with Gasteiger partial charge in [-0.05, 0) is 45.0 Å². The molecule has 1 aromatic carbocycles. The summed E-state index contributed by atoms with van der Waals surface area (Å²) in [6.45, 7) is 7.87. The normalized spacial score (nSPS) is 11.3. The fourth-order valence-electron chi connectivity index (χ4n) is 2.15. The molecule has 1 aromatic heterocycles. The van der Waals surface area contributed by atoms with E-state index >= 15 is 0 Å². The minimum absolute atomic E-state index is 0.0400. The molecule has 8 heteroatoms. The summed E-state index contributed by atoms with van der Waals surface area (Å²) in [5, 5.41) is 10.2. The van der Waals surface area contributed by atoms with Crippen LogP contribution in [0, 0.1) is 13.8 Å². The van der Waals surface area contributed by atoms with Crippen LogP contribution < -0.4 is 16.0 Å². The topological polar surface area (TPSA) is 78.4 Å². The second kappa shape index (κ2) is 10.3. The van der Waals surface area contributed by atoms with Crippen molar-refractivity contribution >= 4 is 44.8 Å². The number of nitrogens with zero attached hydrogens (tertiary/aromatic N) is 2.